The number of hydrogen-bond donors (Lipinski definition) is 2. The van der Waals surface area contributed by atoms with Gasteiger partial charge in [-0.25, -0.2) is 0 Å². The van der Waals surface area contributed by atoms with Crippen LogP contribution in [0.5, 0.6) is 5.75 Å². The molecule has 0 spiro atoms. The molecule has 2 aromatic heterocycles. The maximum atomic E-state index is 5.28. The lowest BCUT2D eigenvalue weighted by Gasteiger charge is -2.12. The number of H-pyrrole nitrogens is 1. The minimum absolute atomic E-state index is 0.226. The van der Waals surface area contributed by atoms with Crippen molar-refractivity contribution < 1.29 is 4.74 Å². The fraction of sp³-hybridized carbons (Fsp3) is 0.368. The highest BCUT2D eigenvalue weighted by Crippen LogP contribution is 2.23. The van der Waals surface area contributed by atoms with Crippen molar-refractivity contribution in [2.24, 2.45) is 0 Å². The molecule has 6 nitrogen and oxygen atoms in total. The second-order valence-electron chi connectivity index (χ2n) is 6.14. The van der Waals surface area contributed by atoms with E-state index in [9.17, 15) is 0 Å². The average molecular weight is 339 g/mol. The molecule has 6 heteroatoms. The van der Waals surface area contributed by atoms with Crippen molar-refractivity contribution in [1.82, 2.24) is 25.3 Å². The van der Waals surface area contributed by atoms with Gasteiger partial charge in [0.2, 0.25) is 0 Å². The highest BCUT2D eigenvalue weighted by atomic mass is 16.5. The number of nitrogens with zero attached hydrogens (tertiary/aromatic N) is 3. The van der Waals surface area contributed by atoms with Crippen LogP contribution >= 0.6 is 0 Å². The monoisotopic (exact) mass is 339 g/mol. The lowest BCUT2D eigenvalue weighted by atomic mass is 10.1. The average Bonchev–Trinajstić information content (AvgIpc) is 3.26. The van der Waals surface area contributed by atoms with Crippen LogP contribution in [0.2, 0.25) is 0 Å². The zero-order valence-corrected chi connectivity index (χ0v) is 15.2. The largest absolute Gasteiger partial charge is 0.497 e. The molecule has 2 N–H and O–H groups in total. The van der Waals surface area contributed by atoms with Crippen LogP contribution in [-0.4, -0.2) is 27.1 Å². The molecule has 2 heterocycles. The van der Waals surface area contributed by atoms with E-state index < -0.39 is 0 Å². The third-order valence-electron chi connectivity index (χ3n) is 4.37. The van der Waals surface area contributed by atoms with Crippen LogP contribution in [0.4, 0.5) is 0 Å². The molecule has 0 amide bonds. The Hall–Kier alpha value is -2.60. The molecule has 0 saturated carbocycles. The Bertz CT molecular complexity index is 836. The van der Waals surface area contributed by atoms with Gasteiger partial charge in [-0.2, -0.15) is 10.2 Å². The van der Waals surface area contributed by atoms with Crippen LogP contribution < -0.4 is 10.1 Å². The fourth-order valence-corrected chi connectivity index (χ4v) is 2.88. The molecule has 25 heavy (non-hydrogen) atoms. The van der Waals surface area contributed by atoms with Gasteiger partial charge in [0.05, 0.1) is 18.5 Å². The molecule has 0 aliphatic rings. The minimum atomic E-state index is 0.226. The van der Waals surface area contributed by atoms with Gasteiger partial charge in [0.25, 0.3) is 0 Å². The maximum absolute atomic E-state index is 5.28. The fourth-order valence-electron chi connectivity index (χ4n) is 2.88. The van der Waals surface area contributed by atoms with Crippen molar-refractivity contribution in [3.05, 3.63) is 53.5 Å². The highest BCUT2D eigenvalue weighted by Gasteiger charge is 2.12. The topological polar surface area (TPSA) is 67.8 Å². The lowest BCUT2D eigenvalue weighted by Crippen LogP contribution is -2.18. The molecule has 0 aliphatic carbocycles. The van der Waals surface area contributed by atoms with Crippen LogP contribution in [-0.2, 0) is 13.1 Å². The van der Waals surface area contributed by atoms with Crippen LogP contribution in [0.25, 0.3) is 11.3 Å². The molecule has 3 rings (SSSR count). The van der Waals surface area contributed by atoms with Gasteiger partial charge in [0.15, 0.2) is 0 Å². The van der Waals surface area contributed by atoms with E-state index in [1.54, 1.807) is 7.11 Å². The number of aryl methyl sites for hydroxylation is 2. The number of rotatable bonds is 7. The number of methoxy groups -OCH3 is 1. The summed E-state index contributed by atoms with van der Waals surface area (Å²) in [4.78, 5) is 0. The molecule has 132 valence electrons. The van der Waals surface area contributed by atoms with Gasteiger partial charge in [0.1, 0.15) is 5.75 Å². The third-order valence-corrected chi connectivity index (χ3v) is 4.37. The van der Waals surface area contributed by atoms with E-state index >= 15 is 0 Å². The van der Waals surface area contributed by atoms with E-state index in [1.165, 1.54) is 5.56 Å². The van der Waals surface area contributed by atoms with E-state index in [-0.39, 0.29) is 6.04 Å². The van der Waals surface area contributed by atoms with Gasteiger partial charge in [-0.3, -0.25) is 9.78 Å². The SMILES string of the molecule is CCn1cc(C(C)NCc2cc(-c3cccc(OC)c3)n[nH]2)c(C)n1. The van der Waals surface area contributed by atoms with Crippen molar-refractivity contribution in [2.75, 3.05) is 7.11 Å². The van der Waals surface area contributed by atoms with E-state index in [0.29, 0.717) is 0 Å². The van der Waals surface area contributed by atoms with E-state index in [2.05, 4.69) is 53.6 Å². The summed E-state index contributed by atoms with van der Waals surface area (Å²) in [6.45, 7) is 7.91. The number of hydrogen-bond acceptors (Lipinski definition) is 4. The highest BCUT2D eigenvalue weighted by molar-refractivity contribution is 5.61. The zero-order valence-electron chi connectivity index (χ0n) is 15.2. The molecule has 0 bridgehead atoms. The smallest absolute Gasteiger partial charge is 0.119 e. The molecule has 1 unspecified atom stereocenters. The predicted octanol–water partition coefficient (Wildman–Crippen LogP) is 3.46. The summed E-state index contributed by atoms with van der Waals surface area (Å²) in [6.07, 6.45) is 2.11. The van der Waals surface area contributed by atoms with E-state index in [0.717, 1.165) is 41.5 Å². The Kier molecular flexibility index (Phi) is 5.19. The number of ether oxygens (including phenoxy) is 1. The van der Waals surface area contributed by atoms with Gasteiger partial charge in [-0.15, -0.1) is 0 Å². The van der Waals surface area contributed by atoms with E-state index in [1.807, 2.05) is 28.9 Å². The molecule has 3 aromatic rings. The molecule has 0 saturated heterocycles. The summed E-state index contributed by atoms with van der Waals surface area (Å²) in [5.74, 6) is 0.831. The first kappa shape index (κ1) is 17.2. The second-order valence-corrected chi connectivity index (χ2v) is 6.14. The van der Waals surface area contributed by atoms with Crippen molar-refractivity contribution in [3.63, 3.8) is 0 Å². The van der Waals surface area contributed by atoms with Crippen LogP contribution in [0, 0.1) is 6.92 Å². The molecule has 1 aromatic carbocycles. The Morgan fingerprint density at radius 1 is 1.32 bits per heavy atom. The lowest BCUT2D eigenvalue weighted by molar-refractivity contribution is 0.415. The van der Waals surface area contributed by atoms with Crippen molar-refractivity contribution in [1.29, 1.82) is 0 Å². The molecule has 1 atom stereocenters. The standard InChI is InChI=1S/C19H25N5O/c1-5-24-12-18(14(3)23-24)13(2)20-11-16-10-19(22-21-16)15-7-6-8-17(9-15)25-4/h6-10,12-13,20H,5,11H2,1-4H3,(H,21,22). The quantitative estimate of drug-likeness (QED) is 0.692. The number of aromatic nitrogens is 4. The normalized spacial score (nSPS) is 12.3. The Morgan fingerprint density at radius 3 is 2.88 bits per heavy atom. The second kappa shape index (κ2) is 7.53. The van der Waals surface area contributed by atoms with Crippen LogP contribution in [0.15, 0.2) is 36.5 Å². The summed E-state index contributed by atoms with van der Waals surface area (Å²) in [7, 11) is 1.67. The number of nitrogens with one attached hydrogen (secondary N) is 2. The molecule has 0 aliphatic heterocycles. The van der Waals surface area contributed by atoms with Crippen molar-refractivity contribution in [3.8, 4) is 17.0 Å². The first-order valence-electron chi connectivity index (χ1n) is 8.56. The molecular weight excluding hydrogens is 314 g/mol. The number of aromatic amines is 1. The van der Waals surface area contributed by atoms with Gasteiger partial charge in [-0.05, 0) is 39.0 Å². The summed E-state index contributed by atoms with van der Waals surface area (Å²) >= 11 is 0. The summed E-state index contributed by atoms with van der Waals surface area (Å²) in [5, 5.41) is 15.6. The van der Waals surface area contributed by atoms with Crippen molar-refractivity contribution >= 4 is 0 Å². The van der Waals surface area contributed by atoms with Gasteiger partial charge in [-0.1, -0.05) is 12.1 Å². The Morgan fingerprint density at radius 2 is 2.16 bits per heavy atom. The number of benzene rings is 1. The predicted molar refractivity (Wildman–Crippen MR) is 98.5 cm³/mol. The Labute approximate surface area is 148 Å². The third kappa shape index (κ3) is 3.91. The van der Waals surface area contributed by atoms with E-state index in [4.69, 9.17) is 4.74 Å². The molecule has 0 fully saturated rings. The molecular formula is C19H25N5O. The van der Waals surface area contributed by atoms with Crippen molar-refractivity contribution in [2.45, 2.75) is 39.9 Å². The summed E-state index contributed by atoms with van der Waals surface area (Å²) < 4.78 is 7.25. The summed E-state index contributed by atoms with van der Waals surface area (Å²) in [5.41, 5.74) is 5.30. The van der Waals surface area contributed by atoms with Gasteiger partial charge >= 0.3 is 0 Å². The first-order valence-corrected chi connectivity index (χ1v) is 8.56. The van der Waals surface area contributed by atoms with Crippen LogP contribution in [0.3, 0.4) is 0 Å². The summed E-state index contributed by atoms with van der Waals surface area (Å²) in [6, 6.07) is 10.2. The van der Waals surface area contributed by atoms with Crippen LogP contribution in [0.1, 0.15) is 36.8 Å². The van der Waals surface area contributed by atoms with Gasteiger partial charge in [0, 0.05) is 42.1 Å². The maximum Gasteiger partial charge on any atom is 0.119 e. The first-order chi connectivity index (χ1) is 12.1. The Balaban J connectivity index is 1.66. The zero-order chi connectivity index (χ0) is 17.8. The van der Waals surface area contributed by atoms with Gasteiger partial charge < -0.3 is 10.1 Å². The molecule has 0 radical (unpaired) electrons. The minimum Gasteiger partial charge on any atom is -0.497 e.